The maximum atomic E-state index is 12.9. The van der Waals surface area contributed by atoms with Crippen LogP contribution in [0.15, 0.2) is 24.3 Å². The minimum Gasteiger partial charge on any atom is -0.369 e. The Kier molecular flexibility index (Phi) is 5.70. The van der Waals surface area contributed by atoms with Crippen LogP contribution in [0.3, 0.4) is 0 Å². The quantitative estimate of drug-likeness (QED) is 0.817. The van der Waals surface area contributed by atoms with Gasteiger partial charge in [-0.05, 0) is 31.0 Å². The van der Waals surface area contributed by atoms with Crippen LogP contribution < -0.4 is 4.90 Å². The number of hydrogen-bond donors (Lipinski definition) is 0. The van der Waals surface area contributed by atoms with E-state index in [4.69, 9.17) is 11.6 Å². The molecule has 134 valence electrons. The molecule has 0 amide bonds. The van der Waals surface area contributed by atoms with Crippen molar-refractivity contribution in [2.24, 2.45) is 0 Å². The second kappa shape index (κ2) is 7.60. The molecule has 0 radical (unpaired) electrons. The van der Waals surface area contributed by atoms with Crippen LogP contribution in [0.1, 0.15) is 32.1 Å². The van der Waals surface area contributed by atoms with E-state index in [1.54, 1.807) is 15.7 Å². The van der Waals surface area contributed by atoms with Crippen LogP contribution in [0.25, 0.3) is 0 Å². The van der Waals surface area contributed by atoms with Gasteiger partial charge in [0.2, 0.25) is 0 Å². The van der Waals surface area contributed by atoms with Crippen molar-refractivity contribution in [3.8, 4) is 0 Å². The number of rotatable bonds is 4. The lowest BCUT2D eigenvalue weighted by Crippen LogP contribution is -2.54. The van der Waals surface area contributed by atoms with E-state index < -0.39 is 10.2 Å². The maximum absolute atomic E-state index is 12.9. The van der Waals surface area contributed by atoms with Gasteiger partial charge in [0.25, 0.3) is 10.2 Å². The minimum absolute atomic E-state index is 0.162. The molecule has 24 heavy (non-hydrogen) atoms. The van der Waals surface area contributed by atoms with Crippen LogP contribution in [-0.4, -0.2) is 56.3 Å². The molecule has 5 nitrogen and oxygen atoms in total. The molecular formula is C17H26ClN3O2S. The topological polar surface area (TPSA) is 43.9 Å². The first-order valence-electron chi connectivity index (χ1n) is 8.72. The molecule has 2 fully saturated rings. The first kappa shape index (κ1) is 18.0. The Bertz CT molecular complexity index is 654. The molecule has 0 unspecified atom stereocenters. The molecule has 0 atom stereocenters. The van der Waals surface area contributed by atoms with Gasteiger partial charge in [0.1, 0.15) is 0 Å². The summed E-state index contributed by atoms with van der Waals surface area (Å²) >= 11 is 6.05. The third kappa shape index (κ3) is 3.87. The van der Waals surface area contributed by atoms with Crippen LogP contribution in [0.2, 0.25) is 5.02 Å². The van der Waals surface area contributed by atoms with Crippen molar-refractivity contribution in [2.45, 2.75) is 38.1 Å². The fourth-order valence-corrected chi connectivity index (χ4v) is 5.43. The van der Waals surface area contributed by atoms with E-state index in [0.29, 0.717) is 31.2 Å². The van der Waals surface area contributed by atoms with Gasteiger partial charge in [-0.15, -0.1) is 0 Å². The zero-order chi connectivity index (χ0) is 17.2. The molecule has 7 heteroatoms. The van der Waals surface area contributed by atoms with Gasteiger partial charge >= 0.3 is 0 Å². The van der Waals surface area contributed by atoms with E-state index >= 15 is 0 Å². The highest BCUT2D eigenvalue weighted by molar-refractivity contribution is 7.86. The van der Waals surface area contributed by atoms with E-state index in [2.05, 4.69) is 4.90 Å². The summed E-state index contributed by atoms with van der Waals surface area (Å²) in [5.41, 5.74) is 1.06. The molecular weight excluding hydrogens is 346 g/mol. The molecule has 0 spiro atoms. The zero-order valence-corrected chi connectivity index (χ0v) is 15.8. The van der Waals surface area contributed by atoms with Gasteiger partial charge in [0.15, 0.2) is 0 Å². The fourth-order valence-electron chi connectivity index (χ4n) is 3.67. The lowest BCUT2D eigenvalue weighted by molar-refractivity contribution is 0.259. The van der Waals surface area contributed by atoms with Crippen LogP contribution in [0.4, 0.5) is 5.69 Å². The average Bonchev–Trinajstić information content (AvgIpc) is 2.62. The molecule has 1 saturated carbocycles. The molecule has 1 saturated heterocycles. The van der Waals surface area contributed by atoms with Crippen molar-refractivity contribution in [2.75, 3.05) is 38.1 Å². The summed E-state index contributed by atoms with van der Waals surface area (Å²) < 4.78 is 29.0. The Hall–Kier alpha value is -0.820. The molecule has 1 heterocycles. The highest BCUT2D eigenvalue weighted by Gasteiger charge is 2.34. The van der Waals surface area contributed by atoms with E-state index in [9.17, 15) is 8.42 Å². The van der Waals surface area contributed by atoms with Crippen LogP contribution >= 0.6 is 11.6 Å². The third-order valence-corrected chi connectivity index (χ3v) is 7.47. The normalized spacial score (nSPS) is 21.4. The largest absolute Gasteiger partial charge is 0.369 e. The number of benzene rings is 1. The predicted molar refractivity (Wildman–Crippen MR) is 98.8 cm³/mol. The molecule has 3 rings (SSSR count). The molecule has 0 N–H and O–H groups in total. The van der Waals surface area contributed by atoms with E-state index in [0.717, 1.165) is 31.4 Å². The van der Waals surface area contributed by atoms with Crippen LogP contribution in [0.5, 0.6) is 0 Å². The third-order valence-electron chi connectivity index (χ3n) is 5.19. The van der Waals surface area contributed by atoms with Crippen molar-refractivity contribution >= 4 is 27.5 Å². The van der Waals surface area contributed by atoms with Crippen molar-refractivity contribution in [3.05, 3.63) is 29.3 Å². The number of anilines is 1. The van der Waals surface area contributed by atoms with E-state index in [-0.39, 0.29) is 6.04 Å². The lowest BCUT2D eigenvalue weighted by Gasteiger charge is -2.39. The van der Waals surface area contributed by atoms with Gasteiger partial charge in [-0.2, -0.15) is 17.0 Å². The van der Waals surface area contributed by atoms with Gasteiger partial charge in [-0.25, -0.2) is 0 Å². The lowest BCUT2D eigenvalue weighted by atomic mass is 9.96. The van der Waals surface area contributed by atoms with Crippen molar-refractivity contribution in [1.82, 2.24) is 8.61 Å². The molecule has 1 aliphatic carbocycles. The Morgan fingerprint density at radius 3 is 2.38 bits per heavy atom. The van der Waals surface area contributed by atoms with E-state index in [1.807, 2.05) is 24.3 Å². The Morgan fingerprint density at radius 2 is 1.75 bits per heavy atom. The van der Waals surface area contributed by atoms with Gasteiger partial charge in [0.05, 0.1) is 0 Å². The fraction of sp³-hybridized carbons (Fsp3) is 0.647. The molecule has 1 aromatic rings. The SMILES string of the molecule is CN(C1CCCCC1)S(=O)(=O)N1CCN(c2cccc(Cl)c2)CC1. The van der Waals surface area contributed by atoms with Crippen molar-refractivity contribution in [3.63, 3.8) is 0 Å². The monoisotopic (exact) mass is 371 g/mol. The number of piperazine rings is 1. The highest BCUT2D eigenvalue weighted by atomic mass is 35.5. The van der Waals surface area contributed by atoms with Gasteiger partial charge in [-0.1, -0.05) is 36.9 Å². The molecule has 1 aliphatic heterocycles. The summed E-state index contributed by atoms with van der Waals surface area (Å²) in [5, 5.41) is 0.708. The second-order valence-electron chi connectivity index (χ2n) is 6.68. The summed E-state index contributed by atoms with van der Waals surface area (Å²) in [6.45, 7) is 2.42. The minimum atomic E-state index is -3.36. The Balaban J connectivity index is 1.62. The van der Waals surface area contributed by atoms with Gasteiger partial charge in [-0.3, -0.25) is 0 Å². The smallest absolute Gasteiger partial charge is 0.282 e. The van der Waals surface area contributed by atoms with Crippen LogP contribution in [-0.2, 0) is 10.2 Å². The van der Waals surface area contributed by atoms with Gasteiger partial charge in [0, 0.05) is 50.0 Å². The van der Waals surface area contributed by atoms with Crippen molar-refractivity contribution in [1.29, 1.82) is 0 Å². The summed E-state index contributed by atoms with van der Waals surface area (Å²) in [6, 6.07) is 7.89. The number of hydrogen-bond acceptors (Lipinski definition) is 3. The van der Waals surface area contributed by atoms with Crippen molar-refractivity contribution < 1.29 is 8.42 Å². The molecule has 0 aromatic heterocycles. The Morgan fingerprint density at radius 1 is 1.08 bits per heavy atom. The first-order valence-corrected chi connectivity index (χ1v) is 10.5. The summed E-state index contributed by atoms with van der Waals surface area (Å²) in [5.74, 6) is 0. The molecule has 2 aliphatic rings. The number of nitrogens with zero attached hydrogens (tertiary/aromatic N) is 3. The van der Waals surface area contributed by atoms with Crippen LogP contribution in [0, 0.1) is 0 Å². The predicted octanol–water partition coefficient (Wildman–Crippen LogP) is 2.97. The van der Waals surface area contributed by atoms with E-state index in [1.165, 1.54) is 6.42 Å². The summed E-state index contributed by atoms with van der Waals surface area (Å²) in [4.78, 5) is 2.19. The van der Waals surface area contributed by atoms with Gasteiger partial charge < -0.3 is 4.90 Å². The summed E-state index contributed by atoms with van der Waals surface area (Å²) in [7, 11) is -1.62. The maximum Gasteiger partial charge on any atom is 0.282 e. The Labute approximate surface area is 150 Å². The second-order valence-corrected chi connectivity index (χ2v) is 9.11. The standard InChI is InChI=1S/C17H26ClN3O2S/c1-19(16-7-3-2-4-8-16)24(22,23)21-12-10-20(11-13-21)17-9-5-6-15(18)14-17/h5-6,9,14,16H,2-4,7-8,10-13H2,1H3. The zero-order valence-electron chi connectivity index (χ0n) is 14.2. The molecule has 0 bridgehead atoms. The summed E-state index contributed by atoms with van der Waals surface area (Å²) in [6.07, 6.45) is 5.46. The highest BCUT2D eigenvalue weighted by Crippen LogP contribution is 2.26. The average molecular weight is 372 g/mol. The first-order chi connectivity index (χ1) is 11.5. The number of halogens is 1. The molecule has 1 aromatic carbocycles.